The number of anilines is 1. The molecule has 3 aromatic rings. The Hall–Kier alpha value is -2.23. The number of aromatic amines is 1. The molecule has 0 spiro atoms. The third-order valence-corrected chi connectivity index (χ3v) is 8.42. The lowest BCUT2D eigenvalue weighted by Gasteiger charge is -2.35. The maximum Gasteiger partial charge on any atom is 0.244 e. The number of halogens is 1. The minimum absolute atomic E-state index is 0.288. The van der Waals surface area contributed by atoms with Crippen molar-refractivity contribution >= 4 is 27.0 Å². The molecule has 1 aliphatic rings. The summed E-state index contributed by atoms with van der Waals surface area (Å²) in [5.74, 6) is -0.288. The quantitative estimate of drug-likeness (QED) is 0.680. The normalized spacial score (nSPS) is 15.8. The Balaban J connectivity index is 1.63. The van der Waals surface area contributed by atoms with Gasteiger partial charge < -0.3 is 4.90 Å². The Bertz CT molecular complexity index is 1150. The molecule has 0 bridgehead atoms. The Labute approximate surface area is 174 Å². The standard InChI is InChI=1S/C20H23FN4O2S2/c1-13-12-17(23-22-13)19-14(2)28-15(3)20(19)29(26,27)25-10-8-24(9-11-25)18-7-5-4-6-16(18)21/h4-7,12H,8-11H2,1-3H3,(H,22,23). The first kappa shape index (κ1) is 20.1. The zero-order chi connectivity index (χ0) is 20.8. The number of para-hydroxylation sites is 1. The number of aryl methyl sites for hydroxylation is 3. The summed E-state index contributed by atoms with van der Waals surface area (Å²) in [7, 11) is -3.69. The highest BCUT2D eigenvalue weighted by Crippen LogP contribution is 2.40. The van der Waals surface area contributed by atoms with E-state index in [9.17, 15) is 12.8 Å². The van der Waals surface area contributed by atoms with Crippen LogP contribution < -0.4 is 4.90 Å². The van der Waals surface area contributed by atoms with Gasteiger partial charge in [0, 0.05) is 47.2 Å². The molecule has 9 heteroatoms. The number of piperazine rings is 1. The molecule has 4 rings (SSSR count). The van der Waals surface area contributed by atoms with Crippen LogP contribution in [0.2, 0.25) is 0 Å². The van der Waals surface area contributed by atoms with Crippen LogP contribution in [0.5, 0.6) is 0 Å². The van der Waals surface area contributed by atoms with Gasteiger partial charge in [-0.2, -0.15) is 9.40 Å². The first-order valence-corrected chi connectivity index (χ1v) is 11.7. The summed E-state index contributed by atoms with van der Waals surface area (Å²) in [6.07, 6.45) is 0. The van der Waals surface area contributed by atoms with Crippen molar-refractivity contribution in [2.75, 3.05) is 31.1 Å². The summed E-state index contributed by atoms with van der Waals surface area (Å²) < 4.78 is 42.7. The van der Waals surface area contributed by atoms with Crippen molar-refractivity contribution in [1.82, 2.24) is 14.5 Å². The number of H-pyrrole nitrogens is 1. The Morgan fingerprint density at radius 3 is 2.38 bits per heavy atom. The van der Waals surface area contributed by atoms with Crippen molar-refractivity contribution in [2.45, 2.75) is 25.7 Å². The predicted molar refractivity (Wildman–Crippen MR) is 113 cm³/mol. The van der Waals surface area contributed by atoms with Crippen LogP contribution in [0, 0.1) is 26.6 Å². The summed E-state index contributed by atoms with van der Waals surface area (Å²) in [5.41, 5.74) is 2.71. The minimum atomic E-state index is -3.69. The van der Waals surface area contributed by atoms with Crippen molar-refractivity contribution in [2.24, 2.45) is 0 Å². The molecule has 0 saturated carbocycles. The molecule has 1 saturated heterocycles. The molecule has 1 aliphatic heterocycles. The monoisotopic (exact) mass is 434 g/mol. The molecular formula is C20H23FN4O2S2. The topological polar surface area (TPSA) is 69.3 Å². The van der Waals surface area contributed by atoms with Crippen LogP contribution in [0.25, 0.3) is 11.3 Å². The van der Waals surface area contributed by atoms with Crippen LogP contribution in [0.3, 0.4) is 0 Å². The molecule has 0 amide bonds. The average molecular weight is 435 g/mol. The van der Waals surface area contributed by atoms with Gasteiger partial charge in [0.2, 0.25) is 10.0 Å². The lowest BCUT2D eigenvalue weighted by atomic mass is 10.2. The Morgan fingerprint density at radius 1 is 1.07 bits per heavy atom. The van der Waals surface area contributed by atoms with Crippen molar-refractivity contribution < 1.29 is 12.8 Å². The Kier molecular flexibility index (Phi) is 5.22. The molecule has 29 heavy (non-hydrogen) atoms. The average Bonchev–Trinajstić information content (AvgIpc) is 3.24. The van der Waals surface area contributed by atoms with E-state index in [1.807, 2.05) is 31.7 Å². The molecule has 1 aromatic carbocycles. The second-order valence-corrected chi connectivity index (χ2v) is 10.5. The highest BCUT2D eigenvalue weighted by Gasteiger charge is 2.34. The third kappa shape index (κ3) is 3.58. The second kappa shape index (κ2) is 7.55. The van der Waals surface area contributed by atoms with E-state index in [0.29, 0.717) is 48.0 Å². The molecule has 0 aliphatic carbocycles. The van der Waals surface area contributed by atoms with E-state index in [1.54, 1.807) is 18.2 Å². The van der Waals surface area contributed by atoms with Gasteiger partial charge in [0.15, 0.2) is 0 Å². The zero-order valence-electron chi connectivity index (χ0n) is 16.6. The highest BCUT2D eigenvalue weighted by atomic mass is 32.2. The van der Waals surface area contributed by atoms with Gasteiger partial charge in [-0.05, 0) is 39.0 Å². The molecule has 154 valence electrons. The summed E-state index contributed by atoms with van der Waals surface area (Å²) in [5, 5.41) is 7.18. The molecule has 2 aromatic heterocycles. The van der Waals surface area contributed by atoms with E-state index in [4.69, 9.17) is 0 Å². The third-order valence-electron chi connectivity index (χ3n) is 5.20. The number of sulfonamides is 1. The lowest BCUT2D eigenvalue weighted by Crippen LogP contribution is -2.49. The molecule has 6 nitrogen and oxygen atoms in total. The van der Waals surface area contributed by atoms with E-state index in [2.05, 4.69) is 10.2 Å². The number of aromatic nitrogens is 2. The van der Waals surface area contributed by atoms with Crippen molar-refractivity contribution in [1.29, 1.82) is 0 Å². The fourth-order valence-electron chi connectivity index (χ4n) is 3.82. The number of nitrogens with one attached hydrogen (secondary N) is 1. The maximum absolute atomic E-state index is 14.1. The van der Waals surface area contributed by atoms with Crippen LogP contribution >= 0.6 is 11.3 Å². The van der Waals surface area contributed by atoms with Crippen molar-refractivity contribution in [3.63, 3.8) is 0 Å². The number of nitrogens with zero attached hydrogens (tertiary/aromatic N) is 3. The largest absolute Gasteiger partial charge is 0.367 e. The fraction of sp³-hybridized carbons (Fsp3) is 0.350. The molecule has 0 radical (unpaired) electrons. The van der Waals surface area contributed by atoms with E-state index in [-0.39, 0.29) is 5.82 Å². The van der Waals surface area contributed by atoms with Gasteiger partial charge in [-0.25, -0.2) is 12.8 Å². The SMILES string of the molecule is Cc1cc(-c2c(C)sc(C)c2S(=O)(=O)N2CCN(c3ccccc3F)CC2)n[nH]1. The van der Waals surface area contributed by atoms with Gasteiger partial charge in [-0.1, -0.05) is 12.1 Å². The summed E-state index contributed by atoms with van der Waals surface area (Å²) in [6.45, 7) is 7.16. The summed E-state index contributed by atoms with van der Waals surface area (Å²) in [6, 6.07) is 8.46. The van der Waals surface area contributed by atoms with Gasteiger partial charge in [0.1, 0.15) is 10.7 Å². The van der Waals surface area contributed by atoms with Crippen molar-refractivity contribution in [3.05, 3.63) is 51.6 Å². The molecule has 3 heterocycles. The minimum Gasteiger partial charge on any atom is -0.367 e. The van der Waals surface area contributed by atoms with Crippen LogP contribution in [0.4, 0.5) is 10.1 Å². The van der Waals surface area contributed by atoms with E-state index < -0.39 is 10.0 Å². The smallest absolute Gasteiger partial charge is 0.244 e. The van der Waals surface area contributed by atoms with Crippen LogP contribution in [0.15, 0.2) is 35.2 Å². The van der Waals surface area contributed by atoms with Crippen molar-refractivity contribution in [3.8, 4) is 11.3 Å². The first-order chi connectivity index (χ1) is 13.8. The lowest BCUT2D eigenvalue weighted by molar-refractivity contribution is 0.383. The maximum atomic E-state index is 14.1. The fourth-order valence-corrected chi connectivity index (χ4v) is 7.07. The molecular weight excluding hydrogens is 411 g/mol. The molecule has 1 fully saturated rings. The van der Waals surface area contributed by atoms with E-state index in [0.717, 1.165) is 15.4 Å². The molecule has 1 N–H and O–H groups in total. The number of benzene rings is 1. The number of hydrogen-bond donors (Lipinski definition) is 1. The van der Waals surface area contributed by atoms with Gasteiger partial charge in [-0.3, -0.25) is 5.10 Å². The van der Waals surface area contributed by atoms with Crippen LogP contribution in [0.1, 0.15) is 15.4 Å². The number of rotatable bonds is 4. The summed E-state index contributed by atoms with van der Waals surface area (Å²) in [4.78, 5) is 3.92. The van der Waals surface area contributed by atoms with Gasteiger partial charge >= 0.3 is 0 Å². The highest BCUT2D eigenvalue weighted by molar-refractivity contribution is 7.89. The number of thiophene rings is 1. The van der Waals surface area contributed by atoms with Gasteiger partial charge in [0.25, 0.3) is 0 Å². The van der Waals surface area contributed by atoms with Gasteiger partial charge in [-0.15, -0.1) is 11.3 Å². The number of hydrogen-bond acceptors (Lipinski definition) is 5. The van der Waals surface area contributed by atoms with Gasteiger partial charge in [0.05, 0.1) is 11.4 Å². The van der Waals surface area contributed by atoms with E-state index in [1.165, 1.54) is 21.7 Å². The predicted octanol–water partition coefficient (Wildman–Crippen LogP) is 3.71. The van der Waals surface area contributed by atoms with Crippen LogP contribution in [-0.4, -0.2) is 49.1 Å². The summed E-state index contributed by atoms with van der Waals surface area (Å²) >= 11 is 1.47. The molecule has 0 unspecified atom stereocenters. The molecule has 0 atom stereocenters. The Morgan fingerprint density at radius 2 is 1.76 bits per heavy atom. The zero-order valence-corrected chi connectivity index (χ0v) is 18.2. The van der Waals surface area contributed by atoms with Crippen LogP contribution in [-0.2, 0) is 10.0 Å². The van der Waals surface area contributed by atoms with E-state index >= 15 is 0 Å². The second-order valence-electron chi connectivity index (χ2n) is 7.20. The first-order valence-electron chi connectivity index (χ1n) is 9.41.